The molecule has 19 heavy (non-hydrogen) atoms. The van der Waals surface area contributed by atoms with Crippen molar-refractivity contribution in [3.05, 3.63) is 51.6 Å². The van der Waals surface area contributed by atoms with Crippen molar-refractivity contribution < 1.29 is 9.21 Å². The first-order chi connectivity index (χ1) is 8.97. The molecule has 5 heteroatoms. The zero-order valence-electron chi connectivity index (χ0n) is 11.0. The highest BCUT2D eigenvalue weighted by atomic mass is 79.9. The van der Waals surface area contributed by atoms with Gasteiger partial charge in [0.15, 0.2) is 0 Å². The van der Waals surface area contributed by atoms with Crippen molar-refractivity contribution in [1.29, 1.82) is 0 Å². The Balaban J connectivity index is 2.13. The van der Waals surface area contributed by atoms with E-state index in [1.54, 1.807) is 18.5 Å². The number of halogens is 1. The lowest BCUT2D eigenvalue weighted by atomic mass is 10.1. The molecule has 0 radical (unpaired) electrons. The van der Waals surface area contributed by atoms with E-state index >= 15 is 0 Å². The van der Waals surface area contributed by atoms with Crippen molar-refractivity contribution in [3.8, 4) is 0 Å². The number of amides is 1. The molecule has 0 aliphatic carbocycles. The van der Waals surface area contributed by atoms with E-state index in [2.05, 4.69) is 26.2 Å². The monoisotopic (exact) mass is 322 g/mol. The highest BCUT2D eigenvalue weighted by Gasteiger charge is 2.16. The summed E-state index contributed by atoms with van der Waals surface area (Å²) in [6, 6.07) is 3.58. The fourth-order valence-electron chi connectivity index (χ4n) is 1.97. The standard InChI is InChI=1S/C14H15BrN2O2/c1-8-4-13(10(3)19-8)9(2)17-14(18)11-5-12(15)7-16-6-11/h4-7,9H,1-3H3,(H,17,18). The van der Waals surface area contributed by atoms with Crippen LogP contribution in [0.1, 0.15) is 40.4 Å². The van der Waals surface area contributed by atoms with Gasteiger partial charge < -0.3 is 9.73 Å². The van der Waals surface area contributed by atoms with Crippen LogP contribution in [0.5, 0.6) is 0 Å². The minimum Gasteiger partial charge on any atom is -0.466 e. The van der Waals surface area contributed by atoms with Gasteiger partial charge in [-0.15, -0.1) is 0 Å². The number of pyridine rings is 1. The van der Waals surface area contributed by atoms with Crippen LogP contribution in [0.2, 0.25) is 0 Å². The van der Waals surface area contributed by atoms with Crippen LogP contribution in [0.25, 0.3) is 0 Å². The van der Waals surface area contributed by atoms with Gasteiger partial charge in [-0.05, 0) is 48.8 Å². The third kappa shape index (κ3) is 3.23. The van der Waals surface area contributed by atoms with E-state index in [9.17, 15) is 4.79 Å². The maximum absolute atomic E-state index is 12.1. The predicted molar refractivity (Wildman–Crippen MR) is 76.0 cm³/mol. The SMILES string of the molecule is Cc1cc(C(C)NC(=O)c2cncc(Br)c2)c(C)o1. The number of aromatic nitrogens is 1. The second-order valence-corrected chi connectivity index (χ2v) is 5.37. The quantitative estimate of drug-likeness (QED) is 0.940. The van der Waals surface area contributed by atoms with Gasteiger partial charge in [-0.3, -0.25) is 9.78 Å². The molecule has 100 valence electrons. The minimum absolute atomic E-state index is 0.107. The van der Waals surface area contributed by atoms with Gasteiger partial charge in [0.2, 0.25) is 0 Å². The molecule has 0 bridgehead atoms. The molecule has 2 rings (SSSR count). The summed E-state index contributed by atoms with van der Waals surface area (Å²) in [6.07, 6.45) is 3.18. The minimum atomic E-state index is -0.153. The molecular formula is C14H15BrN2O2. The van der Waals surface area contributed by atoms with Gasteiger partial charge in [-0.2, -0.15) is 0 Å². The van der Waals surface area contributed by atoms with E-state index in [0.29, 0.717) is 5.56 Å². The second-order valence-electron chi connectivity index (χ2n) is 4.46. The van der Waals surface area contributed by atoms with Gasteiger partial charge >= 0.3 is 0 Å². The van der Waals surface area contributed by atoms with E-state index < -0.39 is 0 Å². The van der Waals surface area contributed by atoms with Gasteiger partial charge in [0, 0.05) is 22.4 Å². The van der Waals surface area contributed by atoms with Crippen molar-refractivity contribution in [3.63, 3.8) is 0 Å². The molecule has 0 aliphatic heterocycles. The van der Waals surface area contributed by atoms with Crippen LogP contribution >= 0.6 is 15.9 Å². The fourth-order valence-corrected chi connectivity index (χ4v) is 2.34. The third-order valence-electron chi connectivity index (χ3n) is 2.86. The Hall–Kier alpha value is -1.62. The number of hydrogen-bond acceptors (Lipinski definition) is 3. The van der Waals surface area contributed by atoms with Gasteiger partial charge in [0.05, 0.1) is 11.6 Å². The molecule has 0 saturated heterocycles. The van der Waals surface area contributed by atoms with Gasteiger partial charge in [-0.25, -0.2) is 0 Å². The smallest absolute Gasteiger partial charge is 0.253 e. The first-order valence-electron chi connectivity index (χ1n) is 5.95. The molecule has 4 nitrogen and oxygen atoms in total. The summed E-state index contributed by atoms with van der Waals surface area (Å²) in [5.74, 6) is 1.52. The van der Waals surface area contributed by atoms with E-state index in [4.69, 9.17) is 4.42 Å². The molecule has 0 fully saturated rings. The Morgan fingerprint density at radius 2 is 2.11 bits per heavy atom. The van der Waals surface area contributed by atoms with E-state index in [1.165, 1.54) is 0 Å². The van der Waals surface area contributed by atoms with Crippen LogP contribution < -0.4 is 5.32 Å². The Bertz CT molecular complexity index is 607. The number of aryl methyl sites for hydroxylation is 2. The van der Waals surface area contributed by atoms with Crippen LogP contribution in [0.15, 0.2) is 33.4 Å². The normalized spacial score (nSPS) is 12.2. The summed E-state index contributed by atoms with van der Waals surface area (Å²) in [6.45, 7) is 5.72. The summed E-state index contributed by atoms with van der Waals surface area (Å²) in [5.41, 5.74) is 1.52. The number of nitrogens with zero attached hydrogens (tertiary/aromatic N) is 1. The largest absolute Gasteiger partial charge is 0.466 e. The number of carbonyl (C=O) groups is 1. The zero-order chi connectivity index (χ0) is 14.0. The molecule has 2 aromatic heterocycles. The molecule has 1 N–H and O–H groups in total. The van der Waals surface area contributed by atoms with Crippen molar-refractivity contribution in [2.24, 2.45) is 0 Å². The second kappa shape index (κ2) is 5.57. The summed E-state index contributed by atoms with van der Waals surface area (Å²) < 4.78 is 6.25. The maximum atomic E-state index is 12.1. The van der Waals surface area contributed by atoms with E-state index in [0.717, 1.165) is 21.6 Å². The number of nitrogens with one attached hydrogen (secondary N) is 1. The Kier molecular flexibility index (Phi) is 4.04. The van der Waals surface area contributed by atoms with E-state index in [1.807, 2.05) is 26.8 Å². The van der Waals surface area contributed by atoms with Crippen LogP contribution in [0.3, 0.4) is 0 Å². The summed E-state index contributed by atoms with van der Waals surface area (Å²) >= 11 is 3.30. The van der Waals surface area contributed by atoms with Crippen LogP contribution in [-0.4, -0.2) is 10.9 Å². The lowest BCUT2D eigenvalue weighted by molar-refractivity contribution is 0.0939. The summed E-state index contributed by atoms with van der Waals surface area (Å²) in [4.78, 5) is 16.1. The number of furan rings is 1. The van der Waals surface area contributed by atoms with Crippen molar-refractivity contribution in [1.82, 2.24) is 10.3 Å². The van der Waals surface area contributed by atoms with Crippen molar-refractivity contribution >= 4 is 21.8 Å². The average molecular weight is 323 g/mol. The first kappa shape index (κ1) is 13.8. The first-order valence-corrected chi connectivity index (χ1v) is 6.75. The summed E-state index contributed by atoms with van der Waals surface area (Å²) in [5, 5.41) is 2.93. The zero-order valence-corrected chi connectivity index (χ0v) is 12.6. The maximum Gasteiger partial charge on any atom is 0.253 e. The van der Waals surface area contributed by atoms with E-state index in [-0.39, 0.29) is 11.9 Å². The van der Waals surface area contributed by atoms with Gasteiger partial charge in [-0.1, -0.05) is 0 Å². The van der Waals surface area contributed by atoms with Crippen LogP contribution in [-0.2, 0) is 0 Å². The highest BCUT2D eigenvalue weighted by molar-refractivity contribution is 9.10. The highest BCUT2D eigenvalue weighted by Crippen LogP contribution is 2.21. The lowest BCUT2D eigenvalue weighted by Gasteiger charge is -2.13. The summed E-state index contributed by atoms with van der Waals surface area (Å²) in [7, 11) is 0. The lowest BCUT2D eigenvalue weighted by Crippen LogP contribution is -2.26. The van der Waals surface area contributed by atoms with Crippen molar-refractivity contribution in [2.75, 3.05) is 0 Å². The van der Waals surface area contributed by atoms with Gasteiger partial charge in [0.1, 0.15) is 11.5 Å². The molecule has 0 saturated carbocycles. The molecule has 2 aromatic rings. The third-order valence-corrected chi connectivity index (χ3v) is 3.29. The number of hydrogen-bond donors (Lipinski definition) is 1. The molecule has 2 heterocycles. The predicted octanol–water partition coefficient (Wildman–Crippen LogP) is 3.54. The van der Waals surface area contributed by atoms with Gasteiger partial charge in [0.25, 0.3) is 5.91 Å². The number of rotatable bonds is 3. The molecule has 0 spiro atoms. The molecule has 0 aliphatic rings. The molecule has 1 amide bonds. The number of carbonyl (C=O) groups excluding carboxylic acids is 1. The molecule has 1 atom stereocenters. The topological polar surface area (TPSA) is 55.1 Å². The average Bonchev–Trinajstić information content (AvgIpc) is 2.68. The van der Waals surface area contributed by atoms with Crippen molar-refractivity contribution in [2.45, 2.75) is 26.8 Å². The molecular weight excluding hydrogens is 308 g/mol. The Morgan fingerprint density at radius 1 is 1.37 bits per heavy atom. The molecule has 1 unspecified atom stereocenters. The van der Waals surface area contributed by atoms with Crippen LogP contribution in [0.4, 0.5) is 0 Å². The Morgan fingerprint density at radius 3 is 2.68 bits per heavy atom. The van der Waals surface area contributed by atoms with Crippen LogP contribution in [0, 0.1) is 13.8 Å². The molecule has 0 aromatic carbocycles. The fraction of sp³-hybridized carbons (Fsp3) is 0.286. The Labute approximate surface area is 120 Å².